The second-order valence-corrected chi connectivity index (χ2v) is 7.02. The fourth-order valence-electron chi connectivity index (χ4n) is 4.28. The Bertz CT molecular complexity index is 607. The second kappa shape index (κ2) is 7.89. The van der Waals surface area contributed by atoms with Gasteiger partial charge in [-0.15, -0.1) is 0 Å². The Morgan fingerprint density at radius 1 is 1.16 bits per heavy atom. The van der Waals surface area contributed by atoms with E-state index in [4.69, 9.17) is 4.74 Å². The predicted octanol–water partition coefficient (Wildman–Crippen LogP) is 3.78. The number of benzene rings is 1. The summed E-state index contributed by atoms with van der Waals surface area (Å²) in [6.07, 6.45) is 6.13. The van der Waals surface area contributed by atoms with Gasteiger partial charge in [0, 0.05) is 12.5 Å². The number of amides is 1. The van der Waals surface area contributed by atoms with Gasteiger partial charge in [-0.2, -0.15) is 0 Å². The Morgan fingerprint density at radius 3 is 2.44 bits per heavy atom. The minimum Gasteiger partial charge on any atom is -0.494 e. The summed E-state index contributed by atoms with van der Waals surface area (Å²) in [7, 11) is 0. The molecule has 1 saturated carbocycles. The van der Waals surface area contributed by atoms with Crippen molar-refractivity contribution in [3.05, 3.63) is 29.8 Å². The van der Waals surface area contributed by atoms with E-state index in [1.165, 1.54) is 6.42 Å². The lowest BCUT2D eigenvalue weighted by Gasteiger charge is -2.45. The van der Waals surface area contributed by atoms with E-state index in [9.17, 15) is 14.7 Å². The van der Waals surface area contributed by atoms with Gasteiger partial charge in [-0.05, 0) is 43.9 Å². The molecule has 1 aliphatic carbocycles. The number of hydrogen-bond donors (Lipinski definition) is 1. The Hall–Kier alpha value is -2.04. The number of carbonyl (C=O) groups is 2. The molecule has 0 aromatic heterocycles. The number of rotatable bonds is 5. The van der Waals surface area contributed by atoms with E-state index in [0.717, 1.165) is 37.0 Å². The standard InChI is InChI=1S/C20H27NO4/c1-2-25-16-10-8-14(9-11-16)19-17(20(23)24)12-13-18(22)21(19)15-6-4-3-5-7-15/h8-11,15,17,19H,2-7,12-13H2,1H3,(H,23,24)/t17-,19+/m0/s1. The SMILES string of the molecule is CCOc1ccc([C@@H]2[C@@H](C(=O)O)CCC(=O)N2C2CCCCC2)cc1. The van der Waals surface area contributed by atoms with Crippen LogP contribution in [0, 0.1) is 5.92 Å². The van der Waals surface area contributed by atoms with Crippen molar-refractivity contribution < 1.29 is 19.4 Å². The maximum atomic E-state index is 12.7. The van der Waals surface area contributed by atoms with Crippen LogP contribution in [0.2, 0.25) is 0 Å². The van der Waals surface area contributed by atoms with Gasteiger partial charge in [-0.25, -0.2) is 0 Å². The number of carboxylic acid groups (broad SMARTS) is 1. The summed E-state index contributed by atoms with van der Waals surface area (Å²) in [5.41, 5.74) is 0.898. The molecule has 1 saturated heterocycles. The van der Waals surface area contributed by atoms with Gasteiger partial charge in [0.15, 0.2) is 0 Å². The topological polar surface area (TPSA) is 66.8 Å². The molecule has 2 atom stereocenters. The fraction of sp³-hybridized carbons (Fsp3) is 0.600. The van der Waals surface area contributed by atoms with Crippen LogP contribution in [0.3, 0.4) is 0 Å². The average Bonchev–Trinajstić information content (AvgIpc) is 2.63. The van der Waals surface area contributed by atoms with Crippen molar-refractivity contribution >= 4 is 11.9 Å². The van der Waals surface area contributed by atoms with Crippen molar-refractivity contribution in [2.45, 2.75) is 64.0 Å². The Labute approximate surface area is 149 Å². The summed E-state index contributed by atoms with van der Waals surface area (Å²) in [6, 6.07) is 7.36. The Balaban J connectivity index is 1.94. The van der Waals surface area contributed by atoms with Gasteiger partial charge in [-0.3, -0.25) is 9.59 Å². The number of piperidine rings is 1. The van der Waals surface area contributed by atoms with E-state index in [2.05, 4.69) is 0 Å². The zero-order valence-electron chi connectivity index (χ0n) is 14.8. The molecule has 1 aliphatic heterocycles. The number of nitrogens with zero attached hydrogens (tertiary/aromatic N) is 1. The van der Waals surface area contributed by atoms with E-state index in [1.807, 2.05) is 36.1 Å². The first-order chi connectivity index (χ1) is 12.1. The van der Waals surface area contributed by atoms with Crippen LogP contribution < -0.4 is 4.74 Å². The monoisotopic (exact) mass is 345 g/mol. The largest absolute Gasteiger partial charge is 0.494 e. The third-order valence-electron chi connectivity index (χ3n) is 5.46. The summed E-state index contributed by atoms with van der Waals surface area (Å²) in [6.45, 7) is 2.52. The summed E-state index contributed by atoms with van der Waals surface area (Å²) in [5, 5.41) is 9.75. The van der Waals surface area contributed by atoms with E-state index < -0.39 is 11.9 Å². The van der Waals surface area contributed by atoms with Crippen molar-refractivity contribution in [3.63, 3.8) is 0 Å². The van der Waals surface area contributed by atoms with Crippen LogP contribution in [0.4, 0.5) is 0 Å². The molecular formula is C20H27NO4. The number of likely N-dealkylation sites (tertiary alicyclic amines) is 1. The molecule has 0 spiro atoms. The lowest BCUT2D eigenvalue weighted by atomic mass is 9.81. The molecule has 1 heterocycles. The van der Waals surface area contributed by atoms with E-state index >= 15 is 0 Å². The molecule has 0 unspecified atom stereocenters. The van der Waals surface area contributed by atoms with Crippen molar-refractivity contribution in [1.82, 2.24) is 4.90 Å². The van der Waals surface area contributed by atoms with Crippen LogP contribution >= 0.6 is 0 Å². The molecule has 136 valence electrons. The summed E-state index contributed by atoms with van der Waals surface area (Å²) < 4.78 is 5.49. The Kier molecular flexibility index (Phi) is 5.61. The molecule has 3 rings (SSSR count). The second-order valence-electron chi connectivity index (χ2n) is 7.02. The maximum absolute atomic E-state index is 12.7. The molecule has 2 aliphatic rings. The molecule has 1 N–H and O–H groups in total. The maximum Gasteiger partial charge on any atom is 0.308 e. The number of carboxylic acids is 1. The number of aliphatic carboxylic acids is 1. The summed E-state index contributed by atoms with van der Waals surface area (Å²) in [5.74, 6) is -0.488. The van der Waals surface area contributed by atoms with Gasteiger partial charge in [-0.1, -0.05) is 31.4 Å². The van der Waals surface area contributed by atoms with Crippen LogP contribution in [-0.4, -0.2) is 34.5 Å². The lowest BCUT2D eigenvalue weighted by molar-refractivity contribution is -0.154. The van der Waals surface area contributed by atoms with Crippen molar-refractivity contribution in [2.75, 3.05) is 6.61 Å². The first-order valence-electron chi connectivity index (χ1n) is 9.38. The molecule has 5 heteroatoms. The number of ether oxygens (including phenoxy) is 1. The van der Waals surface area contributed by atoms with Gasteiger partial charge < -0.3 is 14.7 Å². The number of carbonyl (C=O) groups excluding carboxylic acids is 1. The highest BCUT2D eigenvalue weighted by molar-refractivity contribution is 5.82. The molecule has 0 bridgehead atoms. The van der Waals surface area contributed by atoms with Crippen LogP contribution in [0.25, 0.3) is 0 Å². The van der Waals surface area contributed by atoms with Crippen LogP contribution in [0.5, 0.6) is 5.75 Å². The first kappa shape index (κ1) is 17.8. The highest BCUT2D eigenvalue weighted by Gasteiger charge is 2.43. The molecule has 5 nitrogen and oxygen atoms in total. The zero-order valence-corrected chi connectivity index (χ0v) is 14.8. The van der Waals surface area contributed by atoms with Gasteiger partial charge in [0.05, 0.1) is 18.6 Å². The van der Waals surface area contributed by atoms with Crippen LogP contribution in [0.1, 0.15) is 63.5 Å². The highest BCUT2D eigenvalue weighted by atomic mass is 16.5. The van der Waals surface area contributed by atoms with Gasteiger partial charge in [0.1, 0.15) is 5.75 Å². The third kappa shape index (κ3) is 3.80. The normalized spacial score (nSPS) is 25.0. The molecule has 1 amide bonds. The van der Waals surface area contributed by atoms with Crippen LogP contribution in [0.15, 0.2) is 24.3 Å². The van der Waals surface area contributed by atoms with Gasteiger partial charge >= 0.3 is 5.97 Å². The smallest absolute Gasteiger partial charge is 0.308 e. The summed E-state index contributed by atoms with van der Waals surface area (Å²) >= 11 is 0. The van der Waals surface area contributed by atoms with Gasteiger partial charge in [0.2, 0.25) is 5.91 Å². The first-order valence-corrected chi connectivity index (χ1v) is 9.38. The molecule has 1 aromatic carbocycles. The molecule has 1 aromatic rings. The third-order valence-corrected chi connectivity index (χ3v) is 5.46. The molecular weight excluding hydrogens is 318 g/mol. The van der Waals surface area contributed by atoms with Crippen molar-refractivity contribution in [3.8, 4) is 5.75 Å². The number of hydrogen-bond acceptors (Lipinski definition) is 3. The Morgan fingerprint density at radius 2 is 1.84 bits per heavy atom. The lowest BCUT2D eigenvalue weighted by Crippen LogP contribution is -2.50. The predicted molar refractivity (Wildman–Crippen MR) is 94.4 cm³/mol. The van der Waals surface area contributed by atoms with Gasteiger partial charge in [0.25, 0.3) is 0 Å². The average molecular weight is 345 g/mol. The van der Waals surface area contributed by atoms with Crippen LogP contribution in [-0.2, 0) is 9.59 Å². The quantitative estimate of drug-likeness (QED) is 0.882. The van der Waals surface area contributed by atoms with E-state index in [1.54, 1.807) is 0 Å². The zero-order chi connectivity index (χ0) is 17.8. The molecule has 2 fully saturated rings. The minimum absolute atomic E-state index is 0.100. The van der Waals surface area contributed by atoms with E-state index in [0.29, 0.717) is 19.4 Å². The van der Waals surface area contributed by atoms with E-state index in [-0.39, 0.29) is 18.0 Å². The summed E-state index contributed by atoms with van der Waals surface area (Å²) in [4.78, 5) is 26.5. The van der Waals surface area contributed by atoms with Crippen molar-refractivity contribution in [1.29, 1.82) is 0 Å². The molecule has 0 radical (unpaired) electrons. The molecule has 25 heavy (non-hydrogen) atoms. The minimum atomic E-state index is -0.813. The fourth-order valence-corrected chi connectivity index (χ4v) is 4.28. The highest BCUT2D eigenvalue weighted by Crippen LogP contribution is 2.41. The van der Waals surface area contributed by atoms with Crippen molar-refractivity contribution in [2.24, 2.45) is 5.92 Å².